The lowest BCUT2D eigenvalue weighted by molar-refractivity contribution is 0.119. The Morgan fingerprint density at radius 3 is 2.70 bits per heavy atom. The lowest BCUT2D eigenvalue weighted by Crippen LogP contribution is -2.52. The molecule has 1 aliphatic rings. The number of carbonyl (C=O) groups is 1. The average Bonchev–Trinajstić information content (AvgIpc) is 2.34. The molecule has 2 amide bonds. The predicted octanol–water partition coefficient (Wildman–Crippen LogP) is 1.52. The van der Waals surface area contributed by atoms with Crippen molar-refractivity contribution < 1.29 is 9.90 Å². The molecule has 1 saturated heterocycles. The van der Waals surface area contributed by atoms with E-state index < -0.39 is 0 Å². The molecule has 0 aromatic heterocycles. The van der Waals surface area contributed by atoms with Crippen LogP contribution in [-0.2, 0) is 0 Å². The van der Waals surface area contributed by atoms with Crippen LogP contribution >= 0.6 is 0 Å². The van der Waals surface area contributed by atoms with Crippen LogP contribution in [0.5, 0.6) is 0 Å². The fraction of sp³-hybridized carbons (Fsp3) is 0.933. The van der Waals surface area contributed by atoms with Gasteiger partial charge in [0.05, 0.1) is 6.10 Å². The molecule has 1 heterocycles. The number of piperidine rings is 1. The summed E-state index contributed by atoms with van der Waals surface area (Å²) in [6.45, 7) is 8.16. The predicted molar refractivity (Wildman–Crippen MR) is 81.8 cm³/mol. The lowest BCUT2D eigenvalue weighted by Gasteiger charge is -2.37. The number of likely N-dealkylation sites (tertiary alicyclic amines) is 1. The molecule has 0 spiro atoms. The summed E-state index contributed by atoms with van der Waals surface area (Å²) in [5.74, 6) is 0. The number of nitrogens with one attached hydrogen (secondary N) is 1. The highest BCUT2D eigenvalue weighted by Crippen LogP contribution is 2.21. The lowest BCUT2D eigenvalue weighted by atomic mass is 9.87. The van der Waals surface area contributed by atoms with E-state index in [9.17, 15) is 9.90 Å². The number of aliphatic hydroxyl groups is 1. The fourth-order valence-corrected chi connectivity index (χ4v) is 2.86. The van der Waals surface area contributed by atoms with Crippen molar-refractivity contribution in [2.24, 2.45) is 5.41 Å². The van der Waals surface area contributed by atoms with Gasteiger partial charge in [0.25, 0.3) is 0 Å². The molecule has 20 heavy (non-hydrogen) atoms. The third kappa shape index (κ3) is 5.67. The quantitative estimate of drug-likeness (QED) is 0.805. The molecule has 118 valence electrons. The molecular formula is C15H31N3O2. The minimum Gasteiger partial charge on any atom is -0.393 e. The Bertz CT molecular complexity index is 316. The van der Waals surface area contributed by atoms with Gasteiger partial charge in [-0.1, -0.05) is 13.8 Å². The van der Waals surface area contributed by atoms with Gasteiger partial charge >= 0.3 is 6.03 Å². The number of rotatable bonds is 5. The molecule has 5 heteroatoms. The second-order valence-corrected chi connectivity index (χ2v) is 7.08. The van der Waals surface area contributed by atoms with Gasteiger partial charge in [0.2, 0.25) is 0 Å². The van der Waals surface area contributed by atoms with Gasteiger partial charge < -0.3 is 20.2 Å². The van der Waals surface area contributed by atoms with Crippen LogP contribution in [-0.4, -0.2) is 66.8 Å². The first-order valence-electron chi connectivity index (χ1n) is 7.58. The van der Waals surface area contributed by atoms with E-state index in [1.165, 1.54) is 0 Å². The SMILES string of the molecule is CC(O)CC(C)(C)CNC(=O)N1CCCC(N(C)C)C1. The zero-order valence-electron chi connectivity index (χ0n) is 13.6. The molecule has 1 rings (SSSR count). The standard InChI is InChI=1S/C15H31N3O2/c1-12(19)9-15(2,3)11-16-14(20)18-8-6-7-13(10-18)17(4)5/h12-13,19H,6-11H2,1-5H3,(H,16,20). The minimum absolute atomic E-state index is 0.0233. The van der Waals surface area contributed by atoms with E-state index >= 15 is 0 Å². The Kier molecular flexibility index (Phi) is 6.27. The van der Waals surface area contributed by atoms with Crippen molar-refractivity contribution in [3.05, 3.63) is 0 Å². The molecule has 2 N–H and O–H groups in total. The van der Waals surface area contributed by atoms with Crippen LogP contribution in [0.1, 0.15) is 40.0 Å². The monoisotopic (exact) mass is 285 g/mol. The van der Waals surface area contributed by atoms with Gasteiger partial charge in [-0.3, -0.25) is 0 Å². The number of amides is 2. The number of carbonyl (C=O) groups excluding carboxylic acids is 1. The van der Waals surface area contributed by atoms with E-state index in [1.807, 2.05) is 4.90 Å². The minimum atomic E-state index is -0.338. The molecule has 0 aliphatic carbocycles. The summed E-state index contributed by atoms with van der Waals surface area (Å²) < 4.78 is 0. The summed E-state index contributed by atoms with van der Waals surface area (Å²) in [7, 11) is 4.13. The third-order valence-corrected chi connectivity index (χ3v) is 3.98. The maximum Gasteiger partial charge on any atom is 0.317 e. The van der Waals surface area contributed by atoms with Crippen LogP contribution < -0.4 is 5.32 Å². The number of likely N-dealkylation sites (N-methyl/N-ethyl adjacent to an activating group) is 1. The molecule has 1 aliphatic heterocycles. The Morgan fingerprint density at radius 2 is 2.15 bits per heavy atom. The number of hydrogen-bond acceptors (Lipinski definition) is 3. The summed E-state index contributed by atoms with van der Waals surface area (Å²) >= 11 is 0. The Hall–Kier alpha value is -0.810. The summed E-state index contributed by atoms with van der Waals surface area (Å²) in [6, 6.07) is 0.482. The van der Waals surface area contributed by atoms with Crippen molar-refractivity contribution in [1.29, 1.82) is 0 Å². The molecule has 2 atom stereocenters. The second kappa shape index (κ2) is 7.27. The molecular weight excluding hydrogens is 254 g/mol. The Balaban J connectivity index is 2.42. The first kappa shape index (κ1) is 17.2. The first-order chi connectivity index (χ1) is 9.21. The van der Waals surface area contributed by atoms with E-state index in [-0.39, 0.29) is 17.6 Å². The molecule has 0 saturated carbocycles. The summed E-state index contributed by atoms with van der Waals surface area (Å²) in [6.07, 6.45) is 2.57. The zero-order valence-corrected chi connectivity index (χ0v) is 13.6. The van der Waals surface area contributed by atoms with Crippen LogP contribution in [0.25, 0.3) is 0 Å². The van der Waals surface area contributed by atoms with Crippen LogP contribution in [0.3, 0.4) is 0 Å². The van der Waals surface area contributed by atoms with Crippen molar-refractivity contribution in [1.82, 2.24) is 15.1 Å². The topological polar surface area (TPSA) is 55.8 Å². The number of hydrogen-bond donors (Lipinski definition) is 2. The average molecular weight is 285 g/mol. The highest BCUT2D eigenvalue weighted by molar-refractivity contribution is 5.74. The molecule has 2 unspecified atom stereocenters. The van der Waals surface area contributed by atoms with Crippen LogP contribution in [0, 0.1) is 5.41 Å². The summed E-state index contributed by atoms with van der Waals surface area (Å²) in [5, 5.41) is 12.5. The second-order valence-electron chi connectivity index (χ2n) is 7.08. The largest absolute Gasteiger partial charge is 0.393 e. The van der Waals surface area contributed by atoms with E-state index in [2.05, 4.69) is 38.2 Å². The molecule has 0 aromatic carbocycles. The Morgan fingerprint density at radius 1 is 1.50 bits per heavy atom. The van der Waals surface area contributed by atoms with Gasteiger partial charge in [-0.25, -0.2) is 4.79 Å². The number of aliphatic hydroxyl groups excluding tert-OH is 1. The maximum absolute atomic E-state index is 12.2. The van der Waals surface area contributed by atoms with E-state index in [0.29, 0.717) is 19.0 Å². The Labute approximate surface area is 123 Å². The smallest absolute Gasteiger partial charge is 0.317 e. The molecule has 0 bridgehead atoms. The van der Waals surface area contributed by atoms with Crippen molar-refractivity contribution in [2.45, 2.75) is 52.2 Å². The van der Waals surface area contributed by atoms with Gasteiger partial charge in [0.15, 0.2) is 0 Å². The fourth-order valence-electron chi connectivity index (χ4n) is 2.86. The molecule has 0 radical (unpaired) electrons. The van der Waals surface area contributed by atoms with Gasteiger partial charge in [-0.05, 0) is 45.7 Å². The molecule has 0 aromatic rings. The van der Waals surface area contributed by atoms with E-state index in [0.717, 1.165) is 25.9 Å². The summed E-state index contributed by atoms with van der Waals surface area (Å²) in [5.41, 5.74) is -0.0828. The highest BCUT2D eigenvalue weighted by Gasteiger charge is 2.26. The van der Waals surface area contributed by atoms with E-state index in [4.69, 9.17) is 0 Å². The highest BCUT2D eigenvalue weighted by atomic mass is 16.3. The van der Waals surface area contributed by atoms with Gasteiger partial charge in [-0.15, -0.1) is 0 Å². The van der Waals surface area contributed by atoms with Crippen LogP contribution in [0.2, 0.25) is 0 Å². The van der Waals surface area contributed by atoms with Gasteiger partial charge in [0.1, 0.15) is 0 Å². The van der Waals surface area contributed by atoms with Crippen molar-refractivity contribution in [2.75, 3.05) is 33.7 Å². The summed E-state index contributed by atoms with van der Waals surface area (Å²) in [4.78, 5) is 16.3. The van der Waals surface area contributed by atoms with Crippen LogP contribution in [0.4, 0.5) is 4.79 Å². The first-order valence-corrected chi connectivity index (χ1v) is 7.58. The normalized spacial score (nSPS) is 21.9. The van der Waals surface area contributed by atoms with Crippen molar-refractivity contribution >= 4 is 6.03 Å². The maximum atomic E-state index is 12.2. The van der Waals surface area contributed by atoms with Gasteiger partial charge in [-0.2, -0.15) is 0 Å². The van der Waals surface area contributed by atoms with Crippen molar-refractivity contribution in [3.63, 3.8) is 0 Å². The molecule has 5 nitrogen and oxygen atoms in total. The van der Waals surface area contributed by atoms with Crippen molar-refractivity contribution in [3.8, 4) is 0 Å². The molecule has 1 fully saturated rings. The zero-order chi connectivity index (χ0) is 15.3. The van der Waals surface area contributed by atoms with Crippen LogP contribution in [0.15, 0.2) is 0 Å². The number of urea groups is 1. The third-order valence-electron chi connectivity index (χ3n) is 3.98. The van der Waals surface area contributed by atoms with Gasteiger partial charge in [0, 0.05) is 25.7 Å². The van der Waals surface area contributed by atoms with E-state index in [1.54, 1.807) is 6.92 Å². The number of nitrogens with zero attached hydrogens (tertiary/aromatic N) is 2.